The molecule has 16 heavy (non-hydrogen) atoms. The first-order chi connectivity index (χ1) is 7.80. The maximum atomic E-state index is 5.92. The van der Waals surface area contributed by atoms with Gasteiger partial charge in [-0.3, -0.25) is 0 Å². The van der Waals surface area contributed by atoms with Crippen LogP contribution in [0.25, 0.3) is 0 Å². The van der Waals surface area contributed by atoms with E-state index in [4.69, 9.17) is 15.2 Å². The van der Waals surface area contributed by atoms with Crippen molar-refractivity contribution in [2.45, 2.75) is 58.2 Å². The summed E-state index contributed by atoms with van der Waals surface area (Å²) >= 11 is 0. The summed E-state index contributed by atoms with van der Waals surface area (Å²) in [6, 6.07) is 0. The van der Waals surface area contributed by atoms with E-state index in [1.54, 1.807) is 0 Å². The summed E-state index contributed by atoms with van der Waals surface area (Å²) < 4.78 is 11.4. The molecule has 96 valence electrons. The minimum absolute atomic E-state index is 0.0759. The Hall–Kier alpha value is -0.120. The molecule has 1 fully saturated rings. The third-order valence-electron chi connectivity index (χ3n) is 3.50. The van der Waals surface area contributed by atoms with E-state index in [0.717, 1.165) is 5.92 Å². The molecule has 3 nitrogen and oxygen atoms in total. The van der Waals surface area contributed by atoms with Crippen LogP contribution in [-0.2, 0) is 9.47 Å². The SMILES string of the molecule is CCOC(CN)COC1CCCC(CC)C1. The third-order valence-corrected chi connectivity index (χ3v) is 3.50. The first kappa shape index (κ1) is 13.9. The highest BCUT2D eigenvalue weighted by molar-refractivity contribution is 4.73. The minimum Gasteiger partial charge on any atom is -0.375 e. The Morgan fingerprint density at radius 1 is 1.31 bits per heavy atom. The lowest BCUT2D eigenvalue weighted by molar-refractivity contribution is -0.0533. The molecule has 0 saturated heterocycles. The van der Waals surface area contributed by atoms with E-state index in [1.807, 2.05) is 6.92 Å². The molecule has 0 radical (unpaired) electrons. The number of ether oxygens (including phenoxy) is 2. The van der Waals surface area contributed by atoms with E-state index < -0.39 is 0 Å². The van der Waals surface area contributed by atoms with Crippen molar-refractivity contribution < 1.29 is 9.47 Å². The molecule has 0 spiro atoms. The molecule has 3 heteroatoms. The van der Waals surface area contributed by atoms with Crippen LogP contribution in [-0.4, -0.2) is 32.0 Å². The summed E-state index contributed by atoms with van der Waals surface area (Å²) in [6.45, 7) is 6.20. The largest absolute Gasteiger partial charge is 0.375 e. The highest BCUT2D eigenvalue weighted by Gasteiger charge is 2.22. The molecule has 1 saturated carbocycles. The highest BCUT2D eigenvalue weighted by Crippen LogP contribution is 2.28. The predicted molar refractivity (Wildman–Crippen MR) is 66.5 cm³/mol. The molecule has 1 aliphatic rings. The summed E-state index contributed by atoms with van der Waals surface area (Å²) in [5, 5.41) is 0. The van der Waals surface area contributed by atoms with Crippen LogP contribution in [0.1, 0.15) is 46.0 Å². The lowest BCUT2D eigenvalue weighted by Gasteiger charge is -2.29. The van der Waals surface area contributed by atoms with Crippen molar-refractivity contribution in [1.82, 2.24) is 0 Å². The molecular formula is C13H27NO2. The molecule has 0 bridgehead atoms. The van der Waals surface area contributed by atoms with Crippen molar-refractivity contribution in [1.29, 1.82) is 0 Å². The average molecular weight is 229 g/mol. The second-order valence-electron chi connectivity index (χ2n) is 4.71. The Kier molecular flexibility index (Phi) is 7.01. The zero-order valence-corrected chi connectivity index (χ0v) is 10.8. The lowest BCUT2D eigenvalue weighted by Crippen LogP contribution is -2.32. The van der Waals surface area contributed by atoms with Gasteiger partial charge in [0.25, 0.3) is 0 Å². The fourth-order valence-corrected chi connectivity index (χ4v) is 2.43. The number of hydrogen-bond donors (Lipinski definition) is 1. The Labute approximate surface area is 99.7 Å². The van der Waals surface area contributed by atoms with Crippen LogP contribution in [0.3, 0.4) is 0 Å². The van der Waals surface area contributed by atoms with Crippen LogP contribution in [0.4, 0.5) is 0 Å². The van der Waals surface area contributed by atoms with Crippen molar-refractivity contribution in [2.24, 2.45) is 11.7 Å². The first-order valence-electron chi connectivity index (χ1n) is 6.73. The van der Waals surface area contributed by atoms with E-state index >= 15 is 0 Å². The van der Waals surface area contributed by atoms with Crippen LogP contribution in [0.2, 0.25) is 0 Å². The van der Waals surface area contributed by atoms with Crippen molar-refractivity contribution in [3.63, 3.8) is 0 Å². The topological polar surface area (TPSA) is 44.5 Å². The van der Waals surface area contributed by atoms with Crippen molar-refractivity contribution >= 4 is 0 Å². The molecule has 0 aliphatic heterocycles. The van der Waals surface area contributed by atoms with Gasteiger partial charge in [0, 0.05) is 13.2 Å². The number of nitrogens with two attached hydrogens (primary N) is 1. The van der Waals surface area contributed by atoms with Gasteiger partial charge in [-0.25, -0.2) is 0 Å². The highest BCUT2D eigenvalue weighted by atomic mass is 16.5. The van der Waals surface area contributed by atoms with Gasteiger partial charge in [0.15, 0.2) is 0 Å². The van der Waals surface area contributed by atoms with Gasteiger partial charge in [-0.2, -0.15) is 0 Å². The summed E-state index contributed by atoms with van der Waals surface area (Å²) in [6.07, 6.45) is 6.92. The van der Waals surface area contributed by atoms with Crippen molar-refractivity contribution in [2.75, 3.05) is 19.8 Å². The van der Waals surface area contributed by atoms with Gasteiger partial charge in [0.1, 0.15) is 0 Å². The average Bonchev–Trinajstić information content (AvgIpc) is 2.34. The maximum Gasteiger partial charge on any atom is 0.0930 e. The molecule has 0 aromatic heterocycles. The van der Waals surface area contributed by atoms with Crippen LogP contribution < -0.4 is 5.73 Å². The Morgan fingerprint density at radius 2 is 2.12 bits per heavy atom. The number of rotatable bonds is 7. The Balaban J connectivity index is 2.20. The molecule has 0 heterocycles. The standard InChI is InChI=1S/C13H27NO2/c1-3-11-6-5-7-12(8-11)16-10-13(9-14)15-4-2/h11-13H,3-10,14H2,1-2H3. The second-order valence-corrected chi connectivity index (χ2v) is 4.71. The smallest absolute Gasteiger partial charge is 0.0930 e. The molecule has 3 unspecified atom stereocenters. The van der Waals surface area contributed by atoms with E-state index in [2.05, 4.69) is 6.92 Å². The third kappa shape index (κ3) is 4.81. The number of hydrogen-bond acceptors (Lipinski definition) is 3. The predicted octanol–water partition coefficient (Wildman–Crippen LogP) is 2.34. The molecular weight excluding hydrogens is 202 g/mol. The summed E-state index contributed by atoms with van der Waals surface area (Å²) in [5.74, 6) is 0.863. The van der Waals surface area contributed by atoms with Gasteiger partial charge in [0.05, 0.1) is 18.8 Å². The van der Waals surface area contributed by atoms with Gasteiger partial charge in [0.2, 0.25) is 0 Å². The molecule has 0 aromatic rings. The minimum atomic E-state index is 0.0759. The fourth-order valence-electron chi connectivity index (χ4n) is 2.43. The lowest BCUT2D eigenvalue weighted by atomic mass is 9.85. The monoisotopic (exact) mass is 229 g/mol. The summed E-state index contributed by atoms with van der Waals surface area (Å²) in [7, 11) is 0. The van der Waals surface area contributed by atoms with E-state index in [0.29, 0.717) is 25.9 Å². The van der Waals surface area contributed by atoms with Crippen LogP contribution in [0, 0.1) is 5.92 Å². The summed E-state index contributed by atoms with van der Waals surface area (Å²) in [5.41, 5.74) is 5.62. The van der Waals surface area contributed by atoms with Gasteiger partial charge in [-0.05, 0) is 25.7 Å². The Bertz CT molecular complexity index is 175. The quantitative estimate of drug-likeness (QED) is 0.728. The maximum absolute atomic E-state index is 5.92. The van der Waals surface area contributed by atoms with Crippen molar-refractivity contribution in [3.05, 3.63) is 0 Å². The zero-order valence-electron chi connectivity index (χ0n) is 10.8. The van der Waals surface area contributed by atoms with Crippen molar-refractivity contribution in [3.8, 4) is 0 Å². The van der Waals surface area contributed by atoms with Crippen LogP contribution >= 0.6 is 0 Å². The summed E-state index contributed by atoms with van der Waals surface area (Å²) in [4.78, 5) is 0. The van der Waals surface area contributed by atoms with E-state index in [-0.39, 0.29) is 6.10 Å². The molecule has 1 aliphatic carbocycles. The normalized spacial score (nSPS) is 27.9. The molecule has 3 atom stereocenters. The molecule has 0 aromatic carbocycles. The molecule has 2 N–H and O–H groups in total. The van der Waals surface area contributed by atoms with Gasteiger partial charge >= 0.3 is 0 Å². The van der Waals surface area contributed by atoms with Gasteiger partial charge < -0.3 is 15.2 Å². The fraction of sp³-hybridized carbons (Fsp3) is 1.00. The van der Waals surface area contributed by atoms with E-state index in [9.17, 15) is 0 Å². The first-order valence-corrected chi connectivity index (χ1v) is 6.73. The van der Waals surface area contributed by atoms with Gasteiger partial charge in [-0.1, -0.05) is 26.2 Å². The molecule has 0 amide bonds. The second kappa shape index (κ2) is 8.04. The van der Waals surface area contributed by atoms with Gasteiger partial charge in [-0.15, -0.1) is 0 Å². The van der Waals surface area contributed by atoms with Crippen LogP contribution in [0.5, 0.6) is 0 Å². The van der Waals surface area contributed by atoms with Crippen LogP contribution in [0.15, 0.2) is 0 Å². The molecule has 1 rings (SSSR count). The Morgan fingerprint density at radius 3 is 2.75 bits per heavy atom. The zero-order chi connectivity index (χ0) is 11.8. The van der Waals surface area contributed by atoms with E-state index in [1.165, 1.54) is 32.1 Å².